The predicted octanol–water partition coefficient (Wildman–Crippen LogP) is 2.28. The van der Waals surface area contributed by atoms with Crippen molar-refractivity contribution in [3.05, 3.63) is 65.2 Å². The zero-order valence-electron chi connectivity index (χ0n) is 12.3. The molecule has 1 aliphatic heterocycles. The van der Waals surface area contributed by atoms with Gasteiger partial charge < -0.3 is 5.32 Å². The van der Waals surface area contributed by atoms with E-state index in [9.17, 15) is 18.4 Å². The van der Waals surface area contributed by atoms with E-state index in [1.165, 1.54) is 13.1 Å². The molecule has 0 spiro atoms. The summed E-state index contributed by atoms with van der Waals surface area (Å²) in [6, 6.07) is 9.35. The molecule has 0 saturated carbocycles. The first-order chi connectivity index (χ1) is 11.0. The molecule has 0 aliphatic carbocycles. The molecule has 0 aromatic heterocycles. The number of hydrogen-bond donors (Lipinski definition) is 1. The van der Waals surface area contributed by atoms with Crippen molar-refractivity contribution in [2.75, 3.05) is 11.9 Å². The van der Waals surface area contributed by atoms with Crippen LogP contribution in [-0.2, 0) is 11.2 Å². The van der Waals surface area contributed by atoms with Crippen LogP contribution in [0.2, 0.25) is 0 Å². The van der Waals surface area contributed by atoms with Crippen LogP contribution in [0.3, 0.4) is 0 Å². The maximum Gasteiger partial charge on any atom is 0.265 e. The highest BCUT2D eigenvalue weighted by molar-refractivity contribution is 6.11. The molecule has 1 N–H and O–H groups in total. The second kappa shape index (κ2) is 5.79. The lowest BCUT2D eigenvalue weighted by Crippen LogP contribution is -2.47. The molecule has 6 heteroatoms. The fraction of sp³-hybridized carbons (Fsp3) is 0.176. The lowest BCUT2D eigenvalue weighted by Gasteiger charge is -2.24. The third-order valence-electron chi connectivity index (χ3n) is 3.92. The van der Waals surface area contributed by atoms with Crippen molar-refractivity contribution < 1.29 is 18.4 Å². The zero-order chi connectivity index (χ0) is 16.6. The first-order valence-electron chi connectivity index (χ1n) is 7.11. The average molecular weight is 316 g/mol. The Hall–Kier alpha value is -2.76. The smallest absolute Gasteiger partial charge is 0.265 e. The van der Waals surface area contributed by atoms with E-state index in [1.807, 2.05) is 0 Å². The molecule has 0 bridgehead atoms. The van der Waals surface area contributed by atoms with Crippen LogP contribution in [0.15, 0.2) is 42.5 Å². The number of hydrogen-bond acceptors (Lipinski definition) is 2. The van der Waals surface area contributed by atoms with Crippen LogP contribution in [0.5, 0.6) is 0 Å². The number of para-hydroxylation sites is 1. The second-order valence-corrected chi connectivity index (χ2v) is 5.23. The molecule has 2 aromatic carbocycles. The molecule has 3 rings (SSSR count). The summed E-state index contributed by atoms with van der Waals surface area (Å²) >= 11 is 0. The van der Waals surface area contributed by atoms with Crippen molar-refractivity contribution in [1.82, 2.24) is 5.32 Å². The van der Waals surface area contributed by atoms with E-state index in [-0.39, 0.29) is 5.91 Å². The molecule has 2 amide bonds. The minimum atomic E-state index is -0.949. The Morgan fingerprint density at radius 2 is 1.74 bits per heavy atom. The summed E-state index contributed by atoms with van der Waals surface area (Å²) < 4.78 is 27.9. The maximum absolute atomic E-state index is 14.0. The van der Waals surface area contributed by atoms with Gasteiger partial charge in [0.05, 0.1) is 0 Å². The van der Waals surface area contributed by atoms with Crippen LogP contribution < -0.4 is 10.2 Å². The third kappa shape index (κ3) is 2.46. The minimum absolute atomic E-state index is 0.303. The van der Waals surface area contributed by atoms with Gasteiger partial charge in [0, 0.05) is 19.2 Å². The van der Waals surface area contributed by atoms with Gasteiger partial charge in [-0.15, -0.1) is 0 Å². The first kappa shape index (κ1) is 15.1. The summed E-state index contributed by atoms with van der Waals surface area (Å²) in [7, 11) is 1.46. The van der Waals surface area contributed by atoms with Crippen molar-refractivity contribution >= 4 is 17.5 Å². The second-order valence-electron chi connectivity index (χ2n) is 5.23. The van der Waals surface area contributed by atoms with Gasteiger partial charge in [-0.25, -0.2) is 8.78 Å². The minimum Gasteiger partial charge on any atom is -0.357 e. The number of amides is 2. The normalized spacial score (nSPS) is 16.1. The van der Waals surface area contributed by atoms with Gasteiger partial charge >= 0.3 is 0 Å². The number of carbonyl (C=O) groups is 2. The van der Waals surface area contributed by atoms with Crippen molar-refractivity contribution in [2.24, 2.45) is 0 Å². The van der Waals surface area contributed by atoms with Gasteiger partial charge in [-0.3, -0.25) is 14.5 Å². The molecule has 4 nitrogen and oxygen atoms in total. The Kier molecular flexibility index (Phi) is 3.82. The van der Waals surface area contributed by atoms with Gasteiger partial charge in [0.25, 0.3) is 5.91 Å². The summed E-state index contributed by atoms with van der Waals surface area (Å²) in [4.78, 5) is 26.0. The van der Waals surface area contributed by atoms with Crippen LogP contribution in [0, 0.1) is 11.6 Å². The summed E-state index contributed by atoms with van der Waals surface area (Å²) in [5.41, 5.74) is 0.623. The maximum atomic E-state index is 14.0. The van der Waals surface area contributed by atoms with Crippen molar-refractivity contribution in [2.45, 2.75) is 12.5 Å². The Balaban J connectivity index is 2.11. The number of fused-ring (bicyclic) bond motifs is 1. The summed E-state index contributed by atoms with van der Waals surface area (Å²) in [6.45, 7) is 0. The van der Waals surface area contributed by atoms with Gasteiger partial charge in [-0.05, 0) is 23.8 Å². The highest BCUT2D eigenvalue weighted by Crippen LogP contribution is 2.34. The Morgan fingerprint density at radius 1 is 1.09 bits per heavy atom. The molecule has 2 aromatic rings. The lowest BCUT2D eigenvalue weighted by molar-refractivity contribution is -0.121. The van der Waals surface area contributed by atoms with Gasteiger partial charge in [0.2, 0.25) is 5.91 Å². The number of nitrogens with one attached hydrogen (secondary N) is 1. The van der Waals surface area contributed by atoms with Crippen LogP contribution in [0.25, 0.3) is 0 Å². The van der Waals surface area contributed by atoms with Crippen LogP contribution in [-0.4, -0.2) is 24.9 Å². The molecule has 0 radical (unpaired) electrons. The summed E-state index contributed by atoms with van der Waals surface area (Å²) in [6.07, 6.45) is 0.303. The Morgan fingerprint density at radius 3 is 2.39 bits per heavy atom. The highest BCUT2D eigenvalue weighted by atomic mass is 19.1. The van der Waals surface area contributed by atoms with E-state index in [0.717, 1.165) is 22.6 Å². The summed E-state index contributed by atoms with van der Waals surface area (Å²) in [5, 5.41) is 2.49. The molecule has 118 valence electrons. The SMILES string of the molecule is CNC(=O)C1Cc2ccccc2N1C(=O)c1c(F)cccc1F. The number of nitrogens with zero attached hydrogens (tertiary/aromatic N) is 1. The summed E-state index contributed by atoms with van der Waals surface area (Å²) in [5.74, 6) is -3.14. The van der Waals surface area contributed by atoms with Crippen LogP contribution in [0.4, 0.5) is 14.5 Å². The monoisotopic (exact) mass is 316 g/mol. The van der Waals surface area contributed by atoms with E-state index in [2.05, 4.69) is 5.32 Å². The standard InChI is InChI=1S/C17H14F2N2O2/c1-20-16(22)14-9-10-5-2-3-8-13(10)21(14)17(23)15-11(18)6-4-7-12(15)19/h2-8,14H,9H2,1H3,(H,20,22). The molecule has 23 heavy (non-hydrogen) atoms. The van der Waals surface area contributed by atoms with Gasteiger partial charge in [-0.2, -0.15) is 0 Å². The molecule has 1 heterocycles. The van der Waals surface area contributed by atoms with Gasteiger partial charge in [-0.1, -0.05) is 24.3 Å². The van der Waals surface area contributed by atoms with Gasteiger partial charge in [0.1, 0.15) is 23.2 Å². The van der Waals surface area contributed by atoms with E-state index < -0.39 is 29.1 Å². The molecular weight excluding hydrogens is 302 g/mol. The first-order valence-corrected chi connectivity index (χ1v) is 7.11. The lowest BCUT2D eigenvalue weighted by atomic mass is 10.1. The molecule has 1 atom stereocenters. The van der Waals surface area contributed by atoms with E-state index >= 15 is 0 Å². The number of halogens is 2. The van der Waals surface area contributed by atoms with Crippen molar-refractivity contribution in [3.63, 3.8) is 0 Å². The van der Waals surface area contributed by atoms with Crippen LogP contribution >= 0.6 is 0 Å². The Bertz CT molecular complexity index is 772. The van der Waals surface area contributed by atoms with Crippen molar-refractivity contribution in [3.8, 4) is 0 Å². The van der Waals surface area contributed by atoms with E-state index in [0.29, 0.717) is 12.1 Å². The number of benzene rings is 2. The fourth-order valence-electron chi connectivity index (χ4n) is 2.84. The fourth-order valence-corrected chi connectivity index (χ4v) is 2.84. The largest absolute Gasteiger partial charge is 0.357 e. The molecule has 1 unspecified atom stereocenters. The highest BCUT2D eigenvalue weighted by Gasteiger charge is 2.39. The molecular formula is C17H14F2N2O2. The molecule has 0 fully saturated rings. The average Bonchev–Trinajstić information content (AvgIpc) is 2.93. The number of carbonyl (C=O) groups excluding carboxylic acids is 2. The molecule has 0 saturated heterocycles. The zero-order valence-corrected chi connectivity index (χ0v) is 12.3. The topological polar surface area (TPSA) is 49.4 Å². The van der Waals surface area contributed by atoms with E-state index in [1.54, 1.807) is 24.3 Å². The quantitative estimate of drug-likeness (QED) is 0.924. The third-order valence-corrected chi connectivity index (χ3v) is 3.92. The number of rotatable bonds is 2. The van der Waals surface area contributed by atoms with Crippen molar-refractivity contribution in [1.29, 1.82) is 0 Å². The number of anilines is 1. The van der Waals surface area contributed by atoms with Gasteiger partial charge in [0.15, 0.2) is 0 Å². The van der Waals surface area contributed by atoms with E-state index in [4.69, 9.17) is 0 Å². The predicted molar refractivity (Wildman–Crippen MR) is 81.2 cm³/mol. The number of likely N-dealkylation sites (N-methyl/N-ethyl adjacent to an activating group) is 1. The Labute approximate surface area is 131 Å². The molecule has 1 aliphatic rings. The van der Waals surface area contributed by atoms with Crippen LogP contribution in [0.1, 0.15) is 15.9 Å².